The molecule has 1 aromatic heterocycles. The maximum absolute atomic E-state index is 13.2. The molecule has 1 heterocycles. The molecule has 0 aliphatic heterocycles. The second-order valence-corrected chi connectivity index (χ2v) is 8.53. The molecule has 8 heteroatoms. The number of nitrogens with two attached hydrogens (primary N) is 1. The highest BCUT2D eigenvalue weighted by Gasteiger charge is 2.38. The van der Waals surface area contributed by atoms with Gasteiger partial charge in [0.05, 0.1) is 18.0 Å². The molecule has 0 spiro atoms. The number of aromatic nitrogens is 2. The van der Waals surface area contributed by atoms with Crippen molar-refractivity contribution in [3.05, 3.63) is 77.7 Å². The second-order valence-electron chi connectivity index (χ2n) is 8.53. The number of hydrogen-bond donors (Lipinski definition) is 3. The summed E-state index contributed by atoms with van der Waals surface area (Å²) < 4.78 is 15.0. The van der Waals surface area contributed by atoms with Crippen LogP contribution in [0.5, 0.6) is 0 Å². The molecule has 4 N–H and O–H groups in total. The molecule has 4 rings (SSSR count). The van der Waals surface area contributed by atoms with Crippen molar-refractivity contribution in [2.75, 3.05) is 5.32 Å². The quantitative estimate of drug-likeness (QED) is 0.480. The Bertz CT molecular complexity index is 1130. The van der Waals surface area contributed by atoms with Gasteiger partial charge in [0.15, 0.2) is 5.82 Å². The van der Waals surface area contributed by atoms with Crippen LogP contribution >= 0.6 is 0 Å². The van der Waals surface area contributed by atoms with Crippen LogP contribution in [0.25, 0.3) is 0 Å². The molecule has 170 valence electrons. The molecule has 3 aromatic rings. The lowest BCUT2D eigenvalue weighted by atomic mass is 9.77. The normalized spacial score (nSPS) is 20.2. The van der Waals surface area contributed by atoms with Gasteiger partial charge in [0.1, 0.15) is 11.4 Å². The third kappa shape index (κ3) is 5.21. The summed E-state index contributed by atoms with van der Waals surface area (Å²) in [7, 11) is 0. The highest BCUT2D eigenvalue weighted by molar-refractivity contribution is 5.98. The largest absolute Gasteiger partial charge is 0.365 e. The number of carbonyl (C=O) groups is 1. The molecule has 0 unspecified atom stereocenters. The van der Waals surface area contributed by atoms with Crippen molar-refractivity contribution >= 4 is 17.4 Å². The topological polar surface area (TPSA) is 109 Å². The van der Waals surface area contributed by atoms with E-state index in [1.165, 1.54) is 17.7 Å². The SMILES string of the molecule is N#CCC1(n2cc(C(N)=O)c(Nc3ccc(F)cc3)n2)CCC(NCc2ccccc2)CC1. The van der Waals surface area contributed by atoms with Crippen molar-refractivity contribution in [2.24, 2.45) is 5.73 Å². The molecule has 7 nitrogen and oxygen atoms in total. The third-order valence-electron chi connectivity index (χ3n) is 6.33. The highest BCUT2D eigenvalue weighted by atomic mass is 19.1. The first-order chi connectivity index (χ1) is 16.0. The number of amides is 1. The zero-order valence-electron chi connectivity index (χ0n) is 18.3. The predicted molar refractivity (Wildman–Crippen MR) is 124 cm³/mol. The smallest absolute Gasteiger partial charge is 0.254 e. The Balaban J connectivity index is 1.51. The van der Waals surface area contributed by atoms with E-state index in [0.717, 1.165) is 32.2 Å². The number of rotatable bonds is 8. The Hall–Kier alpha value is -3.70. The first kappa shape index (κ1) is 22.5. The second kappa shape index (κ2) is 9.84. The van der Waals surface area contributed by atoms with E-state index in [2.05, 4.69) is 33.9 Å². The summed E-state index contributed by atoms with van der Waals surface area (Å²) in [5.74, 6) is -0.668. The van der Waals surface area contributed by atoms with Gasteiger partial charge in [-0.05, 0) is 55.5 Å². The standard InChI is InChI=1S/C25H27FN6O/c26-19-6-8-21(9-7-19)30-24-22(23(28)33)17-32(31-24)25(14-15-27)12-10-20(11-13-25)29-16-18-4-2-1-3-5-18/h1-9,17,20,29H,10-14,16H2,(H2,28,33)(H,30,31). The van der Waals surface area contributed by atoms with E-state index < -0.39 is 11.4 Å². The van der Waals surface area contributed by atoms with Gasteiger partial charge in [-0.25, -0.2) is 4.39 Å². The summed E-state index contributed by atoms with van der Waals surface area (Å²) in [5, 5.41) is 20.8. The average Bonchev–Trinajstić information content (AvgIpc) is 3.26. The molecule has 0 radical (unpaired) electrons. The van der Waals surface area contributed by atoms with E-state index in [-0.39, 0.29) is 17.8 Å². The molecule has 0 saturated heterocycles. The van der Waals surface area contributed by atoms with Gasteiger partial charge < -0.3 is 16.4 Å². The number of nitrogens with zero attached hydrogens (tertiary/aromatic N) is 3. The van der Waals surface area contributed by atoms with Crippen LogP contribution in [0.1, 0.15) is 48.0 Å². The number of benzene rings is 2. The maximum Gasteiger partial charge on any atom is 0.254 e. The van der Waals surface area contributed by atoms with Crippen molar-refractivity contribution in [1.82, 2.24) is 15.1 Å². The zero-order chi connectivity index (χ0) is 23.3. The van der Waals surface area contributed by atoms with Crippen LogP contribution in [0.3, 0.4) is 0 Å². The number of anilines is 2. The van der Waals surface area contributed by atoms with Gasteiger partial charge in [-0.15, -0.1) is 0 Å². The fraction of sp³-hybridized carbons (Fsp3) is 0.320. The Morgan fingerprint density at radius 2 is 1.88 bits per heavy atom. The summed E-state index contributed by atoms with van der Waals surface area (Å²) in [6.45, 7) is 0.802. The van der Waals surface area contributed by atoms with Crippen molar-refractivity contribution in [2.45, 2.75) is 50.2 Å². The number of nitrogens with one attached hydrogen (secondary N) is 2. The molecule has 1 aliphatic carbocycles. The molecule has 1 fully saturated rings. The molecule has 1 amide bonds. The van der Waals surface area contributed by atoms with Gasteiger partial charge in [0, 0.05) is 24.5 Å². The van der Waals surface area contributed by atoms with E-state index in [4.69, 9.17) is 5.73 Å². The molecule has 0 atom stereocenters. The van der Waals surface area contributed by atoms with E-state index >= 15 is 0 Å². The Morgan fingerprint density at radius 3 is 2.52 bits per heavy atom. The van der Waals surface area contributed by atoms with Gasteiger partial charge in [-0.1, -0.05) is 30.3 Å². The first-order valence-corrected chi connectivity index (χ1v) is 11.1. The number of primary amides is 1. The zero-order valence-corrected chi connectivity index (χ0v) is 18.3. The van der Waals surface area contributed by atoms with Gasteiger partial charge >= 0.3 is 0 Å². The van der Waals surface area contributed by atoms with E-state index in [0.29, 0.717) is 17.5 Å². The average molecular weight is 447 g/mol. The molecule has 0 bridgehead atoms. The monoisotopic (exact) mass is 446 g/mol. The predicted octanol–water partition coefficient (Wildman–Crippen LogP) is 4.21. The molecular formula is C25H27FN6O. The van der Waals surface area contributed by atoms with Crippen LogP contribution in [0.15, 0.2) is 60.8 Å². The lowest BCUT2D eigenvalue weighted by Gasteiger charge is -2.39. The Morgan fingerprint density at radius 1 is 1.18 bits per heavy atom. The number of nitriles is 1. The summed E-state index contributed by atoms with van der Waals surface area (Å²) >= 11 is 0. The molecule has 1 aliphatic rings. The summed E-state index contributed by atoms with van der Waals surface area (Å²) in [6.07, 6.45) is 5.20. The number of hydrogen-bond acceptors (Lipinski definition) is 5. The van der Waals surface area contributed by atoms with Crippen molar-refractivity contribution in [3.8, 4) is 6.07 Å². The molecular weight excluding hydrogens is 419 g/mol. The van der Waals surface area contributed by atoms with E-state index in [1.807, 2.05) is 18.2 Å². The lowest BCUT2D eigenvalue weighted by molar-refractivity contribution is 0.1000. The van der Waals surface area contributed by atoms with Crippen molar-refractivity contribution in [1.29, 1.82) is 5.26 Å². The minimum Gasteiger partial charge on any atom is -0.365 e. The van der Waals surface area contributed by atoms with Crippen LogP contribution in [0.4, 0.5) is 15.9 Å². The van der Waals surface area contributed by atoms with Gasteiger partial charge in [0.2, 0.25) is 0 Å². The summed E-state index contributed by atoms with van der Waals surface area (Å²) in [6, 6.07) is 18.7. The first-order valence-electron chi connectivity index (χ1n) is 11.1. The van der Waals surface area contributed by atoms with Crippen LogP contribution in [0.2, 0.25) is 0 Å². The van der Waals surface area contributed by atoms with Crippen molar-refractivity contribution in [3.63, 3.8) is 0 Å². The fourth-order valence-electron chi connectivity index (χ4n) is 4.41. The van der Waals surface area contributed by atoms with Gasteiger partial charge in [0.25, 0.3) is 5.91 Å². The van der Waals surface area contributed by atoms with Crippen LogP contribution in [-0.4, -0.2) is 21.7 Å². The minimum absolute atomic E-state index is 0.237. The highest BCUT2D eigenvalue weighted by Crippen LogP contribution is 2.38. The van der Waals surface area contributed by atoms with Crippen LogP contribution in [-0.2, 0) is 12.1 Å². The Kier molecular flexibility index (Phi) is 6.71. The summed E-state index contributed by atoms with van der Waals surface area (Å²) in [5.41, 5.74) is 7.16. The van der Waals surface area contributed by atoms with Gasteiger partial charge in [-0.2, -0.15) is 10.4 Å². The number of halogens is 1. The van der Waals surface area contributed by atoms with Crippen molar-refractivity contribution < 1.29 is 9.18 Å². The Labute approximate surface area is 192 Å². The van der Waals surface area contributed by atoms with E-state index in [9.17, 15) is 14.4 Å². The van der Waals surface area contributed by atoms with Crippen LogP contribution < -0.4 is 16.4 Å². The fourth-order valence-corrected chi connectivity index (χ4v) is 4.41. The van der Waals surface area contributed by atoms with Gasteiger partial charge in [-0.3, -0.25) is 9.48 Å². The maximum atomic E-state index is 13.2. The third-order valence-corrected chi connectivity index (χ3v) is 6.33. The summed E-state index contributed by atoms with van der Waals surface area (Å²) in [4.78, 5) is 12.1. The molecule has 1 saturated carbocycles. The molecule has 2 aromatic carbocycles. The van der Waals surface area contributed by atoms with Crippen LogP contribution in [0, 0.1) is 17.1 Å². The number of carbonyl (C=O) groups excluding carboxylic acids is 1. The van der Waals surface area contributed by atoms with E-state index in [1.54, 1.807) is 23.0 Å². The lowest BCUT2D eigenvalue weighted by Crippen LogP contribution is -2.43. The minimum atomic E-state index is -0.615. The molecule has 33 heavy (non-hydrogen) atoms.